The standard InChI is InChI=1S/C11H13N3/c1-7-3-8(2)5-9(4-7)11-13-6-10(12)14-11/h3-6H,12H2,1-2H3,(H,13,14). The van der Waals surface area contributed by atoms with Crippen molar-refractivity contribution in [2.24, 2.45) is 0 Å². The second-order valence-corrected chi connectivity index (χ2v) is 3.56. The minimum Gasteiger partial charge on any atom is -0.384 e. The molecule has 0 aliphatic heterocycles. The van der Waals surface area contributed by atoms with Gasteiger partial charge in [-0.05, 0) is 26.0 Å². The molecule has 3 heteroatoms. The summed E-state index contributed by atoms with van der Waals surface area (Å²) in [7, 11) is 0. The maximum absolute atomic E-state index is 5.57. The third kappa shape index (κ3) is 1.62. The van der Waals surface area contributed by atoms with Gasteiger partial charge >= 0.3 is 0 Å². The Kier molecular flexibility index (Phi) is 2.00. The van der Waals surface area contributed by atoms with Crippen LogP contribution in [0.5, 0.6) is 0 Å². The molecule has 3 nitrogen and oxygen atoms in total. The number of hydrogen-bond donors (Lipinski definition) is 2. The molecule has 2 aromatic rings. The maximum Gasteiger partial charge on any atom is 0.138 e. The van der Waals surface area contributed by atoms with E-state index in [2.05, 4.69) is 42.0 Å². The number of nitrogens with one attached hydrogen (secondary N) is 1. The smallest absolute Gasteiger partial charge is 0.138 e. The maximum atomic E-state index is 5.57. The number of imidazole rings is 1. The predicted octanol–water partition coefficient (Wildman–Crippen LogP) is 2.28. The van der Waals surface area contributed by atoms with Gasteiger partial charge in [-0.2, -0.15) is 0 Å². The number of H-pyrrole nitrogens is 1. The monoisotopic (exact) mass is 187 g/mol. The molecule has 14 heavy (non-hydrogen) atoms. The van der Waals surface area contributed by atoms with Crippen molar-refractivity contribution in [1.82, 2.24) is 9.97 Å². The van der Waals surface area contributed by atoms with Gasteiger partial charge in [-0.1, -0.05) is 17.2 Å². The van der Waals surface area contributed by atoms with Gasteiger partial charge in [0, 0.05) is 5.56 Å². The van der Waals surface area contributed by atoms with Crippen LogP contribution >= 0.6 is 0 Å². The Morgan fingerprint density at radius 1 is 1.14 bits per heavy atom. The number of nitrogens with zero attached hydrogens (tertiary/aromatic N) is 1. The topological polar surface area (TPSA) is 54.7 Å². The van der Waals surface area contributed by atoms with E-state index in [-0.39, 0.29) is 0 Å². The fourth-order valence-electron chi connectivity index (χ4n) is 1.59. The molecule has 2 rings (SSSR count). The number of benzene rings is 1. The SMILES string of the molecule is Cc1cc(C)cc(-c2ncc(N)[nH]2)c1. The van der Waals surface area contributed by atoms with Gasteiger partial charge in [0.15, 0.2) is 0 Å². The lowest BCUT2D eigenvalue weighted by atomic mass is 10.1. The van der Waals surface area contributed by atoms with Crippen molar-refractivity contribution in [2.75, 3.05) is 5.73 Å². The zero-order valence-corrected chi connectivity index (χ0v) is 8.33. The Morgan fingerprint density at radius 3 is 2.29 bits per heavy atom. The highest BCUT2D eigenvalue weighted by atomic mass is 15.0. The molecule has 3 N–H and O–H groups in total. The van der Waals surface area contributed by atoms with Crippen molar-refractivity contribution >= 4 is 5.82 Å². The summed E-state index contributed by atoms with van der Waals surface area (Å²) >= 11 is 0. The first-order chi connectivity index (χ1) is 6.65. The number of nitrogen functional groups attached to an aromatic ring is 1. The van der Waals surface area contributed by atoms with E-state index in [1.165, 1.54) is 11.1 Å². The minimum atomic E-state index is 0.596. The van der Waals surface area contributed by atoms with Gasteiger partial charge in [0.05, 0.1) is 6.20 Å². The molecule has 1 aromatic heterocycles. The molecule has 0 aliphatic carbocycles. The number of anilines is 1. The molecule has 0 spiro atoms. The van der Waals surface area contributed by atoms with Crippen LogP contribution in [-0.2, 0) is 0 Å². The number of nitrogens with two attached hydrogens (primary N) is 1. The average Bonchev–Trinajstić information content (AvgIpc) is 2.50. The average molecular weight is 187 g/mol. The van der Waals surface area contributed by atoms with Gasteiger partial charge in [0.1, 0.15) is 11.6 Å². The molecular formula is C11H13N3. The quantitative estimate of drug-likeness (QED) is 0.719. The Labute approximate surface area is 83.0 Å². The molecular weight excluding hydrogens is 174 g/mol. The highest BCUT2D eigenvalue weighted by molar-refractivity contribution is 5.59. The number of rotatable bonds is 1. The summed E-state index contributed by atoms with van der Waals surface area (Å²) in [4.78, 5) is 7.20. The van der Waals surface area contributed by atoms with Crippen LogP contribution in [-0.4, -0.2) is 9.97 Å². The summed E-state index contributed by atoms with van der Waals surface area (Å²) in [6, 6.07) is 6.31. The van der Waals surface area contributed by atoms with E-state index in [9.17, 15) is 0 Å². The molecule has 0 unspecified atom stereocenters. The second-order valence-electron chi connectivity index (χ2n) is 3.56. The Hall–Kier alpha value is -1.77. The van der Waals surface area contributed by atoms with Crippen molar-refractivity contribution in [3.63, 3.8) is 0 Å². The summed E-state index contributed by atoms with van der Waals surface area (Å²) in [5, 5.41) is 0. The van der Waals surface area contributed by atoms with Crippen LogP contribution < -0.4 is 5.73 Å². The molecule has 72 valence electrons. The molecule has 0 radical (unpaired) electrons. The number of aromatic nitrogens is 2. The molecule has 0 aliphatic rings. The molecule has 0 saturated heterocycles. The Bertz CT molecular complexity index is 437. The van der Waals surface area contributed by atoms with Crippen LogP contribution in [0, 0.1) is 13.8 Å². The molecule has 0 bridgehead atoms. The number of hydrogen-bond acceptors (Lipinski definition) is 2. The van der Waals surface area contributed by atoms with Crippen molar-refractivity contribution in [1.29, 1.82) is 0 Å². The first-order valence-corrected chi connectivity index (χ1v) is 4.54. The van der Waals surface area contributed by atoms with Gasteiger partial charge in [-0.25, -0.2) is 4.98 Å². The molecule has 0 saturated carbocycles. The lowest BCUT2D eigenvalue weighted by Crippen LogP contribution is -1.86. The van der Waals surface area contributed by atoms with Crippen molar-refractivity contribution < 1.29 is 0 Å². The molecule has 0 atom stereocenters. The predicted molar refractivity (Wildman–Crippen MR) is 57.9 cm³/mol. The van der Waals surface area contributed by atoms with E-state index in [4.69, 9.17) is 5.73 Å². The zero-order chi connectivity index (χ0) is 10.1. The minimum absolute atomic E-state index is 0.596. The molecule has 1 heterocycles. The summed E-state index contributed by atoms with van der Waals surface area (Å²) in [5.41, 5.74) is 9.12. The third-order valence-corrected chi connectivity index (χ3v) is 2.09. The second kappa shape index (κ2) is 3.18. The van der Waals surface area contributed by atoms with Gasteiger partial charge in [-0.3, -0.25) is 0 Å². The first kappa shape index (κ1) is 8.81. The van der Waals surface area contributed by atoms with E-state index >= 15 is 0 Å². The van der Waals surface area contributed by atoms with E-state index < -0.39 is 0 Å². The van der Waals surface area contributed by atoms with Gasteiger partial charge < -0.3 is 10.7 Å². The highest BCUT2D eigenvalue weighted by Crippen LogP contribution is 2.19. The van der Waals surface area contributed by atoms with Gasteiger partial charge in [0.2, 0.25) is 0 Å². The summed E-state index contributed by atoms with van der Waals surface area (Å²) < 4.78 is 0. The summed E-state index contributed by atoms with van der Waals surface area (Å²) in [6.07, 6.45) is 1.63. The lowest BCUT2D eigenvalue weighted by Gasteiger charge is -2.01. The van der Waals surface area contributed by atoms with Crippen LogP contribution in [0.15, 0.2) is 24.4 Å². The van der Waals surface area contributed by atoms with Crippen LogP contribution in [0.4, 0.5) is 5.82 Å². The molecule has 0 amide bonds. The van der Waals surface area contributed by atoms with Crippen LogP contribution in [0.25, 0.3) is 11.4 Å². The van der Waals surface area contributed by atoms with Crippen LogP contribution in [0.1, 0.15) is 11.1 Å². The largest absolute Gasteiger partial charge is 0.384 e. The number of aryl methyl sites for hydroxylation is 2. The molecule has 0 fully saturated rings. The van der Waals surface area contributed by atoms with Crippen molar-refractivity contribution in [3.05, 3.63) is 35.5 Å². The molecule has 1 aromatic carbocycles. The first-order valence-electron chi connectivity index (χ1n) is 4.54. The van der Waals surface area contributed by atoms with E-state index in [1.807, 2.05) is 0 Å². The van der Waals surface area contributed by atoms with Crippen molar-refractivity contribution in [2.45, 2.75) is 13.8 Å². The number of aromatic amines is 1. The van der Waals surface area contributed by atoms with Crippen LogP contribution in [0.3, 0.4) is 0 Å². The summed E-state index contributed by atoms with van der Waals surface area (Å²) in [5.74, 6) is 1.42. The van der Waals surface area contributed by atoms with Crippen molar-refractivity contribution in [3.8, 4) is 11.4 Å². The summed E-state index contributed by atoms with van der Waals surface area (Å²) in [6.45, 7) is 4.14. The van der Waals surface area contributed by atoms with Crippen LogP contribution in [0.2, 0.25) is 0 Å². The van der Waals surface area contributed by atoms with Gasteiger partial charge in [-0.15, -0.1) is 0 Å². The Morgan fingerprint density at radius 2 is 1.79 bits per heavy atom. The van der Waals surface area contributed by atoms with E-state index in [0.29, 0.717) is 5.82 Å². The lowest BCUT2D eigenvalue weighted by molar-refractivity contribution is 1.29. The fraction of sp³-hybridized carbons (Fsp3) is 0.182. The fourth-order valence-corrected chi connectivity index (χ4v) is 1.59. The third-order valence-electron chi connectivity index (χ3n) is 2.09. The Balaban J connectivity index is 2.51. The van der Waals surface area contributed by atoms with Gasteiger partial charge in [0.25, 0.3) is 0 Å². The normalized spacial score (nSPS) is 10.4. The highest BCUT2D eigenvalue weighted by Gasteiger charge is 2.02. The van der Waals surface area contributed by atoms with E-state index in [0.717, 1.165) is 11.4 Å². The zero-order valence-electron chi connectivity index (χ0n) is 8.33. The van der Waals surface area contributed by atoms with E-state index in [1.54, 1.807) is 6.20 Å².